The zero-order valence-corrected chi connectivity index (χ0v) is 13.3. The van der Waals surface area contributed by atoms with Gasteiger partial charge in [-0.05, 0) is 28.8 Å². The van der Waals surface area contributed by atoms with Gasteiger partial charge in [0, 0.05) is 24.8 Å². The number of rotatable bonds is 5. The lowest BCUT2D eigenvalue weighted by atomic mass is 10.0. The van der Waals surface area contributed by atoms with Gasteiger partial charge in [-0.2, -0.15) is 0 Å². The van der Waals surface area contributed by atoms with Gasteiger partial charge in [-0.3, -0.25) is 0 Å². The van der Waals surface area contributed by atoms with Gasteiger partial charge in [-0.15, -0.1) is 0 Å². The van der Waals surface area contributed by atoms with Crippen LogP contribution in [0.25, 0.3) is 15.7 Å². The largest absolute Gasteiger partial charge is 0.387 e. The highest BCUT2D eigenvalue weighted by Gasteiger charge is 2.12. The summed E-state index contributed by atoms with van der Waals surface area (Å²) in [4.78, 5) is 5.63. The molecule has 0 amide bonds. The van der Waals surface area contributed by atoms with E-state index in [1.807, 2.05) is 12.1 Å². The maximum absolute atomic E-state index is 9.01. The number of hydrogen-bond acceptors (Lipinski definition) is 2. The number of anilines is 1. The van der Waals surface area contributed by atoms with Crippen molar-refractivity contribution in [2.45, 2.75) is 19.9 Å². The Morgan fingerprint density at radius 1 is 0.957 bits per heavy atom. The predicted molar refractivity (Wildman–Crippen MR) is 96.5 cm³/mol. The van der Waals surface area contributed by atoms with Crippen LogP contribution in [0.3, 0.4) is 0 Å². The number of diazo groups is 1. The highest BCUT2D eigenvalue weighted by molar-refractivity contribution is 5.85. The summed E-state index contributed by atoms with van der Waals surface area (Å²) < 4.78 is 0. The van der Waals surface area contributed by atoms with Crippen molar-refractivity contribution < 1.29 is 0 Å². The Labute approximate surface area is 136 Å². The van der Waals surface area contributed by atoms with Gasteiger partial charge in [-0.25, -0.2) is 0 Å². The average Bonchev–Trinajstić information content (AvgIpc) is 2.61. The highest BCUT2D eigenvalue weighted by atomic mass is 15.1. The molecule has 0 aliphatic carbocycles. The van der Waals surface area contributed by atoms with Gasteiger partial charge in [0.15, 0.2) is 4.98 Å². The van der Waals surface area contributed by atoms with Gasteiger partial charge in [0.2, 0.25) is 5.39 Å². The fourth-order valence-electron chi connectivity index (χ4n) is 2.96. The average molecular weight is 302 g/mol. The van der Waals surface area contributed by atoms with Crippen molar-refractivity contribution in [1.82, 2.24) is 0 Å². The molecule has 0 aromatic heterocycles. The highest BCUT2D eigenvalue weighted by Crippen LogP contribution is 2.26. The van der Waals surface area contributed by atoms with E-state index in [0.717, 1.165) is 25.2 Å². The number of fused-ring (bicyclic) bond motifs is 1. The van der Waals surface area contributed by atoms with E-state index >= 15 is 0 Å². The zero-order valence-electron chi connectivity index (χ0n) is 13.3. The van der Waals surface area contributed by atoms with Gasteiger partial charge in [-0.1, -0.05) is 55.5 Å². The van der Waals surface area contributed by atoms with E-state index < -0.39 is 0 Å². The summed E-state index contributed by atoms with van der Waals surface area (Å²) in [6, 6.07) is 22.6. The third-order valence-electron chi connectivity index (χ3n) is 4.05. The van der Waals surface area contributed by atoms with Gasteiger partial charge < -0.3 is 4.90 Å². The minimum Gasteiger partial charge on any atom is -0.367 e. The molecule has 0 spiro atoms. The first kappa shape index (κ1) is 15.1. The minimum atomic E-state index is 0.585. The fourth-order valence-corrected chi connectivity index (χ4v) is 2.96. The molecule has 3 aromatic carbocycles. The monoisotopic (exact) mass is 302 g/mol. The second kappa shape index (κ2) is 6.93. The Kier molecular flexibility index (Phi) is 4.54. The fraction of sp³-hybridized carbons (Fsp3) is 0.200. The van der Waals surface area contributed by atoms with Gasteiger partial charge in [0.05, 0.1) is 6.07 Å². The standard InChI is InChI=1S/C20H20N3/c1-2-13-23(19-11-6-10-18(14-19)22-21)15-17-9-5-8-16-7-3-4-12-20(16)17/h3-12,14H,2,13,15H2,1H3/q+1. The first-order chi connectivity index (χ1) is 11.3. The molecular formula is C20H20N3+. The van der Waals surface area contributed by atoms with Crippen LogP contribution in [0.1, 0.15) is 18.9 Å². The molecule has 0 atom stereocenters. The summed E-state index contributed by atoms with van der Waals surface area (Å²) in [5.74, 6) is 0. The molecule has 0 fully saturated rings. The summed E-state index contributed by atoms with van der Waals surface area (Å²) in [6.45, 7) is 3.97. The molecular weight excluding hydrogens is 282 g/mol. The molecule has 0 saturated carbocycles. The Bertz CT molecular complexity index is 843. The summed E-state index contributed by atoms with van der Waals surface area (Å²) in [6.07, 6.45) is 1.06. The molecule has 3 aromatic rings. The number of nitrogens with zero attached hydrogens (tertiary/aromatic N) is 3. The Morgan fingerprint density at radius 2 is 1.74 bits per heavy atom. The van der Waals surface area contributed by atoms with Crippen molar-refractivity contribution in [2.75, 3.05) is 11.4 Å². The lowest BCUT2D eigenvalue weighted by Crippen LogP contribution is -2.23. The molecule has 0 unspecified atom stereocenters. The summed E-state index contributed by atoms with van der Waals surface area (Å²) >= 11 is 0. The Morgan fingerprint density at radius 3 is 2.57 bits per heavy atom. The molecule has 0 radical (unpaired) electrons. The van der Waals surface area contributed by atoms with Crippen molar-refractivity contribution in [3.8, 4) is 0 Å². The van der Waals surface area contributed by atoms with Gasteiger partial charge in [0.1, 0.15) is 0 Å². The van der Waals surface area contributed by atoms with Crippen LogP contribution in [-0.4, -0.2) is 6.54 Å². The summed E-state index contributed by atoms with van der Waals surface area (Å²) in [5.41, 5.74) is 2.97. The molecule has 114 valence electrons. The normalized spacial score (nSPS) is 10.4. The van der Waals surface area contributed by atoms with Crippen LogP contribution in [0.5, 0.6) is 0 Å². The maximum Gasteiger partial charge on any atom is 0.387 e. The van der Waals surface area contributed by atoms with E-state index in [1.165, 1.54) is 16.3 Å². The van der Waals surface area contributed by atoms with Crippen LogP contribution in [0.15, 0.2) is 66.7 Å². The minimum absolute atomic E-state index is 0.585. The van der Waals surface area contributed by atoms with Crippen molar-refractivity contribution in [2.24, 2.45) is 0 Å². The van der Waals surface area contributed by atoms with Crippen LogP contribution >= 0.6 is 0 Å². The van der Waals surface area contributed by atoms with Crippen molar-refractivity contribution in [1.29, 1.82) is 5.39 Å². The van der Waals surface area contributed by atoms with E-state index in [9.17, 15) is 0 Å². The first-order valence-electron chi connectivity index (χ1n) is 7.98. The predicted octanol–water partition coefficient (Wildman–Crippen LogP) is 5.74. The SMILES string of the molecule is CCCN(Cc1cccc2ccccc12)c1cccc([N+]#N)c1. The van der Waals surface area contributed by atoms with Crippen LogP contribution in [-0.2, 0) is 6.54 Å². The van der Waals surface area contributed by atoms with Crippen molar-refractivity contribution in [3.05, 3.63) is 77.3 Å². The molecule has 0 bridgehead atoms. The lowest BCUT2D eigenvalue weighted by Gasteiger charge is -2.24. The second-order valence-electron chi connectivity index (χ2n) is 5.68. The molecule has 0 saturated heterocycles. The van der Waals surface area contributed by atoms with E-state index in [-0.39, 0.29) is 0 Å². The summed E-state index contributed by atoms with van der Waals surface area (Å²) in [7, 11) is 0. The maximum atomic E-state index is 9.01. The quantitative estimate of drug-likeness (QED) is 0.563. The Hall–Kier alpha value is -2.86. The van der Waals surface area contributed by atoms with Crippen molar-refractivity contribution >= 4 is 22.1 Å². The smallest absolute Gasteiger partial charge is 0.367 e. The third-order valence-corrected chi connectivity index (χ3v) is 4.05. The molecule has 0 aliphatic rings. The summed E-state index contributed by atoms with van der Waals surface area (Å²) in [5, 5.41) is 11.6. The molecule has 0 N–H and O–H groups in total. The molecule has 0 aliphatic heterocycles. The van der Waals surface area contributed by atoms with Crippen LogP contribution in [0.4, 0.5) is 11.4 Å². The topological polar surface area (TPSA) is 31.4 Å². The molecule has 3 rings (SSSR count). The third kappa shape index (κ3) is 3.32. The van der Waals surface area contributed by atoms with Crippen molar-refractivity contribution in [3.63, 3.8) is 0 Å². The van der Waals surface area contributed by atoms with Gasteiger partial charge >= 0.3 is 5.69 Å². The van der Waals surface area contributed by atoms with Crippen LogP contribution in [0, 0.1) is 5.39 Å². The molecule has 23 heavy (non-hydrogen) atoms. The van der Waals surface area contributed by atoms with E-state index in [2.05, 4.69) is 65.3 Å². The lowest BCUT2D eigenvalue weighted by molar-refractivity contribution is 0.770. The van der Waals surface area contributed by atoms with Gasteiger partial charge in [0.25, 0.3) is 0 Å². The number of hydrogen-bond donors (Lipinski definition) is 0. The van der Waals surface area contributed by atoms with Crippen LogP contribution < -0.4 is 4.90 Å². The molecule has 3 nitrogen and oxygen atoms in total. The number of benzene rings is 3. The second-order valence-corrected chi connectivity index (χ2v) is 5.68. The van der Waals surface area contributed by atoms with Crippen LogP contribution in [0.2, 0.25) is 0 Å². The Balaban J connectivity index is 1.97. The molecule has 0 heterocycles. The van der Waals surface area contributed by atoms with E-state index in [0.29, 0.717) is 5.69 Å². The first-order valence-corrected chi connectivity index (χ1v) is 7.98. The molecule has 3 heteroatoms. The zero-order chi connectivity index (χ0) is 16.1. The van der Waals surface area contributed by atoms with E-state index in [1.54, 1.807) is 6.07 Å². The van der Waals surface area contributed by atoms with E-state index in [4.69, 9.17) is 5.39 Å².